The highest BCUT2D eigenvalue weighted by Crippen LogP contribution is 2.30. The van der Waals surface area contributed by atoms with Crippen LogP contribution in [0.3, 0.4) is 0 Å². The normalized spacial score (nSPS) is 12.8. The molecule has 0 bridgehead atoms. The van der Waals surface area contributed by atoms with Crippen molar-refractivity contribution >= 4 is 0 Å². The minimum atomic E-state index is -0.0893. The van der Waals surface area contributed by atoms with Crippen molar-refractivity contribution in [3.63, 3.8) is 0 Å². The van der Waals surface area contributed by atoms with Crippen molar-refractivity contribution in [3.8, 4) is 5.75 Å². The summed E-state index contributed by atoms with van der Waals surface area (Å²) < 4.78 is 7.41. The molecule has 2 aromatic heterocycles. The van der Waals surface area contributed by atoms with E-state index in [0.29, 0.717) is 0 Å². The Hall–Kier alpha value is -1.89. The topological polar surface area (TPSA) is 80.7 Å². The molecule has 0 aromatic carbocycles. The number of hydrogen-bond acceptors (Lipinski definition) is 5. The molecule has 0 saturated heterocycles. The van der Waals surface area contributed by atoms with Gasteiger partial charge in [-0.05, 0) is 26.8 Å². The third-order valence-electron chi connectivity index (χ3n) is 3.11. The Morgan fingerprint density at radius 1 is 1.40 bits per heavy atom. The van der Waals surface area contributed by atoms with E-state index in [0.717, 1.165) is 30.1 Å². The van der Waals surface area contributed by atoms with Crippen molar-refractivity contribution < 1.29 is 4.74 Å². The molecule has 2 aromatic rings. The van der Waals surface area contributed by atoms with Crippen LogP contribution in [-0.4, -0.2) is 38.8 Å². The van der Waals surface area contributed by atoms with Crippen molar-refractivity contribution in [2.45, 2.75) is 39.3 Å². The Morgan fingerprint density at radius 3 is 2.75 bits per heavy atom. The summed E-state index contributed by atoms with van der Waals surface area (Å²) in [5.74, 6) is 0.760. The van der Waals surface area contributed by atoms with Crippen LogP contribution in [0.25, 0.3) is 0 Å². The van der Waals surface area contributed by atoms with Gasteiger partial charge < -0.3 is 10.1 Å². The van der Waals surface area contributed by atoms with Gasteiger partial charge in [0.15, 0.2) is 5.75 Å². The summed E-state index contributed by atoms with van der Waals surface area (Å²) in [6, 6.07) is 0.153. The van der Waals surface area contributed by atoms with Crippen LogP contribution in [0.15, 0.2) is 12.4 Å². The van der Waals surface area contributed by atoms with Gasteiger partial charge in [0.2, 0.25) is 0 Å². The molecule has 1 unspecified atom stereocenters. The summed E-state index contributed by atoms with van der Waals surface area (Å²) in [5.41, 5.74) is 1.81. The van der Waals surface area contributed by atoms with Crippen molar-refractivity contribution in [3.05, 3.63) is 23.8 Å². The van der Waals surface area contributed by atoms with E-state index in [-0.39, 0.29) is 12.1 Å². The third kappa shape index (κ3) is 2.82. The Bertz CT molecular complexity index is 519. The molecular weight excluding hydrogens is 256 g/mol. The molecule has 0 fully saturated rings. The zero-order valence-corrected chi connectivity index (χ0v) is 12.4. The first kappa shape index (κ1) is 14.5. The first-order valence-electron chi connectivity index (χ1n) is 6.89. The van der Waals surface area contributed by atoms with E-state index in [1.54, 1.807) is 19.5 Å². The largest absolute Gasteiger partial charge is 0.493 e. The standard InChI is InChI=1S/C13H22N6O/c1-5-6-14-12(10-7-15-18-17-10)13-11(20-4)8-16-19(13)9(2)3/h7-9,12,14H,5-6H2,1-4H3,(H,15,17,18). The SMILES string of the molecule is CCCNC(c1cn[nH]n1)c1c(OC)cnn1C(C)C. The molecule has 0 aliphatic rings. The van der Waals surface area contributed by atoms with Gasteiger partial charge in [0.05, 0.1) is 25.5 Å². The summed E-state index contributed by atoms with van der Waals surface area (Å²) in [6.07, 6.45) is 4.51. The van der Waals surface area contributed by atoms with Crippen molar-refractivity contribution in [2.75, 3.05) is 13.7 Å². The summed E-state index contributed by atoms with van der Waals surface area (Å²) in [4.78, 5) is 0. The fourth-order valence-electron chi connectivity index (χ4n) is 2.18. The number of aromatic nitrogens is 5. The quantitative estimate of drug-likeness (QED) is 0.805. The second-order valence-electron chi connectivity index (χ2n) is 4.92. The lowest BCUT2D eigenvalue weighted by Gasteiger charge is -2.20. The van der Waals surface area contributed by atoms with Crippen molar-refractivity contribution in [1.82, 2.24) is 30.5 Å². The number of aromatic amines is 1. The average molecular weight is 278 g/mol. The maximum atomic E-state index is 5.45. The van der Waals surface area contributed by atoms with E-state index >= 15 is 0 Å². The minimum absolute atomic E-state index is 0.0893. The fraction of sp³-hybridized carbons (Fsp3) is 0.615. The first-order valence-corrected chi connectivity index (χ1v) is 6.89. The summed E-state index contributed by atoms with van der Waals surface area (Å²) >= 11 is 0. The molecule has 7 heteroatoms. The van der Waals surface area contributed by atoms with Gasteiger partial charge in [0.25, 0.3) is 0 Å². The van der Waals surface area contributed by atoms with Crippen LogP contribution >= 0.6 is 0 Å². The second kappa shape index (κ2) is 6.51. The van der Waals surface area contributed by atoms with Crippen LogP contribution < -0.4 is 10.1 Å². The van der Waals surface area contributed by atoms with Crippen LogP contribution in [0.1, 0.15) is 50.7 Å². The third-order valence-corrected chi connectivity index (χ3v) is 3.11. The fourth-order valence-corrected chi connectivity index (χ4v) is 2.18. The maximum absolute atomic E-state index is 5.45. The van der Waals surface area contributed by atoms with Gasteiger partial charge in [-0.3, -0.25) is 4.68 Å². The van der Waals surface area contributed by atoms with Crippen molar-refractivity contribution in [1.29, 1.82) is 0 Å². The summed E-state index contributed by atoms with van der Waals surface area (Å²) in [5, 5.41) is 18.7. The van der Waals surface area contributed by atoms with E-state index in [9.17, 15) is 0 Å². The first-order chi connectivity index (χ1) is 9.69. The Labute approximate surface area is 118 Å². The van der Waals surface area contributed by atoms with Crippen LogP contribution in [0.4, 0.5) is 0 Å². The predicted octanol–water partition coefficient (Wildman–Crippen LogP) is 1.68. The lowest BCUT2D eigenvalue weighted by molar-refractivity contribution is 0.392. The predicted molar refractivity (Wildman–Crippen MR) is 75.7 cm³/mol. The van der Waals surface area contributed by atoms with Gasteiger partial charge in [-0.25, -0.2) is 0 Å². The minimum Gasteiger partial charge on any atom is -0.493 e. The molecule has 2 rings (SSSR count). The van der Waals surface area contributed by atoms with Gasteiger partial charge in [-0.15, -0.1) is 0 Å². The summed E-state index contributed by atoms with van der Waals surface area (Å²) in [7, 11) is 1.66. The molecule has 0 radical (unpaired) electrons. The lowest BCUT2D eigenvalue weighted by Crippen LogP contribution is -2.27. The van der Waals surface area contributed by atoms with E-state index < -0.39 is 0 Å². The van der Waals surface area contributed by atoms with Crippen LogP contribution in [0, 0.1) is 0 Å². The molecule has 7 nitrogen and oxygen atoms in total. The number of nitrogens with one attached hydrogen (secondary N) is 2. The molecule has 0 spiro atoms. The molecule has 2 heterocycles. The Balaban J connectivity index is 2.44. The van der Waals surface area contributed by atoms with Gasteiger partial charge in [-0.2, -0.15) is 20.5 Å². The average Bonchev–Trinajstić information content (AvgIpc) is 3.08. The van der Waals surface area contributed by atoms with Gasteiger partial charge in [0.1, 0.15) is 11.4 Å². The highest BCUT2D eigenvalue weighted by molar-refractivity contribution is 5.33. The zero-order chi connectivity index (χ0) is 14.5. The van der Waals surface area contributed by atoms with Gasteiger partial charge in [-0.1, -0.05) is 6.92 Å². The molecule has 0 amide bonds. The monoisotopic (exact) mass is 278 g/mol. The molecule has 1 atom stereocenters. The molecule has 0 saturated carbocycles. The van der Waals surface area contributed by atoms with Crippen molar-refractivity contribution in [2.24, 2.45) is 0 Å². The number of H-pyrrole nitrogens is 1. The van der Waals surface area contributed by atoms with E-state index in [1.165, 1.54) is 0 Å². The van der Waals surface area contributed by atoms with Gasteiger partial charge >= 0.3 is 0 Å². The van der Waals surface area contributed by atoms with E-state index in [1.807, 2.05) is 4.68 Å². The maximum Gasteiger partial charge on any atom is 0.162 e. The number of hydrogen-bond donors (Lipinski definition) is 2. The molecule has 2 N–H and O–H groups in total. The number of rotatable bonds is 7. The highest BCUT2D eigenvalue weighted by Gasteiger charge is 2.26. The Morgan fingerprint density at radius 2 is 2.20 bits per heavy atom. The second-order valence-corrected chi connectivity index (χ2v) is 4.92. The van der Waals surface area contributed by atoms with Gasteiger partial charge in [0, 0.05) is 6.04 Å². The highest BCUT2D eigenvalue weighted by atomic mass is 16.5. The zero-order valence-electron chi connectivity index (χ0n) is 12.4. The molecule has 20 heavy (non-hydrogen) atoms. The number of methoxy groups -OCH3 is 1. The van der Waals surface area contributed by atoms with Crippen LogP contribution in [0.5, 0.6) is 5.75 Å². The number of nitrogens with zero attached hydrogens (tertiary/aromatic N) is 4. The Kier molecular flexibility index (Phi) is 4.73. The van der Waals surface area contributed by atoms with Crippen LogP contribution in [-0.2, 0) is 0 Å². The molecular formula is C13H22N6O. The summed E-state index contributed by atoms with van der Waals surface area (Å²) in [6.45, 7) is 7.19. The molecule has 0 aliphatic carbocycles. The smallest absolute Gasteiger partial charge is 0.162 e. The van der Waals surface area contributed by atoms with E-state index in [2.05, 4.69) is 46.6 Å². The van der Waals surface area contributed by atoms with Crippen LogP contribution in [0.2, 0.25) is 0 Å². The molecule has 110 valence electrons. The lowest BCUT2D eigenvalue weighted by atomic mass is 10.1. The number of ether oxygens (including phenoxy) is 1. The van der Waals surface area contributed by atoms with E-state index in [4.69, 9.17) is 4.74 Å². The molecule has 0 aliphatic heterocycles.